The van der Waals surface area contributed by atoms with E-state index in [4.69, 9.17) is 5.11 Å². The zero-order valence-corrected chi connectivity index (χ0v) is 10.2. The standard InChI is InChI=1S/C14H11N3O2/c1-9-7-12(10-3-2-5-15-8-10)16-13-11(14(18)19)4-6-17(9)13/h2-8H,1H3,(H,18,19). The smallest absolute Gasteiger partial charge is 0.339 e. The van der Waals surface area contributed by atoms with Crippen molar-refractivity contribution in [2.24, 2.45) is 0 Å². The van der Waals surface area contributed by atoms with Gasteiger partial charge in [-0.15, -0.1) is 0 Å². The Morgan fingerprint density at radius 1 is 1.37 bits per heavy atom. The average molecular weight is 253 g/mol. The summed E-state index contributed by atoms with van der Waals surface area (Å²) in [5.74, 6) is -0.974. The van der Waals surface area contributed by atoms with Crippen molar-refractivity contribution in [3.05, 3.63) is 54.1 Å². The van der Waals surface area contributed by atoms with Gasteiger partial charge in [0.25, 0.3) is 0 Å². The number of aromatic nitrogens is 3. The highest BCUT2D eigenvalue weighted by atomic mass is 16.4. The summed E-state index contributed by atoms with van der Waals surface area (Å²) in [6.07, 6.45) is 5.12. The summed E-state index contributed by atoms with van der Waals surface area (Å²) >= 11 is 0. The highest BCUT2D eigenvalue weighted by Gasteiger charge is 2.13. The minimum absolute atomic E-state index is 0.203. The van der Waals surface area contributed by atoms with Gasteiger partial charge < -0.3 is 9.51 Å². The molecule has 0 aromatic carbocycles. The fourth-order valence-corrected chi connectivity index (χ4v) is 2.07. The molecule has 3 rings (SSSR count). The number of rotatable bonds is 2. The maximum Gasteiger partial charge on any atom is 0.339 e. The van der Waals surface area contributed by atoms with E-state index in [2.05, 4.69) is 9.97 Å². The molecule has 0 aliphatic rings. The second kappa shape index (κ2) is 4.20. The molecule has 0 radical (unpaired) electrons. The third kappa shape index (κ3) is 1.85. The van der Waals surface area contributed by atoms with Crippen LogP contribution in [0.25, 0.3) is 16.9 Å². The number of carbonyl (C=O) groups is 1. The van der Waals surface area contributed by atoms with Gasteiger partial charge in [-0.1, -0.05) is 0 Å². The van der Waals surface area contributed by atoms with E-state index in [0.29, 0.717) is 5.65 Å². The van der Waals surface area contributed by atoms with Crippen LogP contribution in [0.15, 0.2) is 42.9 Å². The lowest BCUT2D eigenvalue weighted by Gasteiger charge is -2.06. The summed E-state index contributed by atoms with van der Waals surface area (Å²) in [5.41, 5.74) is 3.17. The first-order valence-corrected chi connectivity index (χ1v) is 5.79. The van der Waals surface area contributed by atoms with Crippen molar-refractivity contribution < 1.29 is 9.90 Å². The number of fused-ring (bicyclic) bond motifs is 1. The predicted molar refractivity (Wildman–Crippen MR) is 70.1 cm³/mol. The molecule has 1 N–H and O–H groups in total. The highest BCUT2D eigenvalue weighted by molar-refractivity contribution is 5.95. The molecule has 0 fully saturated rings. The zero-order valence-electron chi connectivity index (χ0n) is 10.2. The van der Waals surface area contributed by atoms with Crippen molar-refractivity contribution >= 4 is 11.6 Å². The number of aryl methyl sites for hydroxylation is 1. The molecular formula is C14H11N3O2. The van der Waals surface area contributed by atoms with Gasteiger partial charge in [-0.2, -0.15) is 0 Å². The van der Waals surface area contributed by atoms with Gasteiger partial charge >= 0.3 is 5.97 Å². The number of nitrogens with zero attached hydrogens (tertiary/aromatic N) is 3. The summed E-state index contributed by atoms with van der Waals surface area (Å²) in [6, 6.07) is 7.20. The summed E-state index contributed by atoms with van der Waals surface area (Å²) in [4.78, 5) is 19.7. The molecular weight excluding hydrogens is 242 g/mol. The Morgan fingerprint density at radius 2 is 2.21 bits per heavy atom. The number of carboxylic acids is 1. The van der Waals surface area contributed by atoms with Crippen molar-refractivity contribution in [3.8, 4) is 11.3 Å². The summed E-state index contributed by atoms with van der Waals surface area (Å²) < 4.78 is 1.77. The lowest BCUT2D eigenvalue weighted by atomic mass is 10.2. The Balaban J connectivity index is 2.28. The lowest BCUT2D eigenvalue weighted by molar-refractivity contribution is 0.0699. The van der Waals surface area contributed by atoms with E-state index < -0.39 is 5.97 Å². The molecule has 0 aliphatic heterocycles. The van der Waals surface area contributed by atoms with Gasteiger partial charge in [0.1, 0.15) is 5.56 Å². The van der Waals surface area contributed by atoms with Crippen LogP contribution in [0.3, 0.4) is 0 Å². The predicted octanol–water partition coefficient (Wildman–Crippen LogP) is 2.40. The molecule has 0 bridgehead atoms. The number of aromatic carboxylic acids is 1. The van der Waals surface area contributed by atoms with E-state index in [9.17, 15) is 4.79 Å². The first-order valence-electron chi connectivity index (χ1n) is 5.79. The van der Waals surface area contributed by atoms with Gasteiger partial charge in [0.2, 0.25) is 0 Å². The Labute approximate surface area is 109 Å². The summed E-state index contributed by atoms with van der Waals surface area (Å²) in [5, 5.41) is 9.16. The normalized spacial score (nSPS) is 10.8. The van der Waals surface area contributed by atoms with Crippen LogP contribution >= 0.6 is 0 Å². The van der Waals surface area contributed by atoms with Gasteiger partial charge in [-0.05, 0) is 31.2 Å². The van der Waals surface area contributed by atoms with E-state index in [-0.39, 0.29) is 5.56 Å². The monoisotopic (exact) mass is 253 g/mol. The van der Waals surface area contributed by atoms with Crippen molar-refractivity contribution in [2.45, 2.75) is 6.92 Å². The Morgan fingerprint density at radius 3 is 2.89 bits per heavy atom. The second-order valence-corrected chi connectivity index (χ2v) is 4.25. The van der Waals surface area contributed by atoms with E-state index in [1.54, 1.807) is 29.1 Å². The molecule has 0 aliphatic carbocycles. The SMILES string of the molecule is Cc1cc(-c2cccnc2)nc2c(C(=O)O)ccn12. The maximum absolute atomic E-state index is 11.2. The van der Waals surface area contributed by atoms with Gasteiger partial charge in [-0.25, -0.2) is 9.78 Å². The van der Waals surface area contributed by atoms with Gasteiger partial charge in [-0.3, -0.25) is 4.98 Å². The molecule has 19 heavy (non-hydrogen) atoms. The minimum atomic E-state index is -0.974. The fraction of sp³-hybridized carbons (Fsp3) is 0.0714. The third-order valence-corrected chi connectivity index (χ3v) is 3.00. The maximum atomic E-state index is 11.2. The number of hydrogen-bond acceptors (Lipinski definition) is 3. The number of pyridine rings is 1. The first kappa shape index (κ1) is 11.4. The highest BCUT2D eigenvalue weighted by Crippen LogP contribution is 2.21. The van der Waals surface area contributed by atoms with Crippen LogP contribution in [0, 0.1) is 6.92 Å². The molecule has 0 unspecified atom stereocenters. The number of hydrogen-bond donors (Lipinski definition) is 1. The van der Waals surface area contributed by atoms with E-state index in [1.807, 2.05) is 25.1 Å². The summed E-state index contributed by atoms with van der Waals surface area (Å²) in [7, 11) is 0. The van der Waals surface area contributed by atoms with Crippen molar-refractivity contribution in [1.82, 2.24) is 14.4 Å². The van der Waals surface area contributed by atoms with Crippen LogP contribution in [0.4, 0.5) is 0 Å². The molecule has 3 heterocycles. The number of carboxylic acid groups (broad SMARTS) is 1. The largest absolute Gasteiger partial charge is 0.478 e. The Hall–Kier alpha value is -2.69. The Bertz CT molecular complexity index is 763. The van der Waals surface area contributed by atoms with Crippen LogP contribution in [-0.2, 0) is 0 Å². The van der Waals surface area contributed by atoms with Crippen LogP contribution in [0.2, 0.25) is 0 Å². The van der Waals surface area contributed by atoms with E-state index in [1.165, 1.54) is 0 Å². The average Bonchev–Trinajstić information content (AvgIpc) is 2.84. The molecule has 0 spiro atoms. The van der Waals surface area contributed by atoms with Gasteiger partial charge in [0, 0.05) is 29.8 Å². The fourth-order valence-electron chi connectivity index (χ4n) is 2.07. The first-order chi connectivity index (χ1) is 9.16. The molecule has 3 aromatic heterocycles. The summed E-state index contributed by atoms with van der Waals surface area (Å²) in [6.45, 7) is 1.92. The van der Waals surface area contributed by atoms with E-state index >= 15 is 0 Å². The molecule has 0 saturated carbocycles. The molecule has 0 saturated heterocycles. The minimum Gasteiger partial charge on any atom is -0.478 e. The Kier molecular flexibility index (Phi) is 2.52. The molecule has 0 atom stereocenters. The zero-order chi connectivity index (χ0) is 13.4. The van der Waals surface area contributed by atoms with Crippen LogP contribution < -0.4 is 0 Å². The second-order valence-electron chi connectivity index (χ2n) is 4.25. The molecule has 0 amide bonds. The lowest BCUT2D eigenvalue weighted by Crippen LogP contribution is -2.00. The molecule has 3 aromatic rings. The third-order valence-electron chi connectivity index (χ3n) is 3.00. The van der Waals surface area contributed by atoms with Crippen molar-refractivity contribution in [1.29, 1.82) is 0 Å². The molecule has 94 valence electrons. The quantitative estimate of drug-likeness (QED) is 0.761. The van der Waals surface area contributed by atoms with E-state index in [0.717, 1.165) is 17.0 Å². The van der Waals surface area contributed by atoms with Crippen LogP contribution in [0.5, 0.6) is 0 Å². The van der Waals surface area contributed by atoms with Crippen LogP contribution in [-0.4, -0.2) is 25.4 Å². The topological polar surface area (TPSA) is 67.5 Å². The van der Waals surface area contributed by atoms with Crippen LogP contribution in [0.1, 0.15) is 16.1 Å². The van der Waals surface area contributed by atoms with Gasteiger partial charge in [0.15, 0.2) is 5.65 Å². The van der Waals surface area contributed by atoms with Gasteiger partial charge in [0.05, 0.1) is 5.69 Å². The van der Waals surface area contributed by atoms with Crippen molar-refractivity contribution in [3.63, 3.8) is 0 Å². The molecule has 5 nitrogen and oxygen atoms in total. The molecule has 5 heteroatoms. The van der Waals surface area contributed by atoms with Crippen molar-refractivity contribution in [2.75, 3.05) is 0 Å².